The normalized spacial score (nSPS) is 12.0. The van der Waals surface area contributed by atoms with Gasteiger partial charge in [0.05, 0.1) is 4.47 Å². The van der Waals surface area contributed by atoms with Gasteiger partial charge in [0.25, 0.3) is 0 Å². The molecule has 0 unspecified atom stereocenters. The zero-order chi connectivity index (χ0) is 9.84. The van der Waals surface area contributed by atoms with Crippen molar-refractivity contribution >= 4 is 28.3 Å². The van der Waals surface area contributed by atoms with Crippen molar-refractivity contribution < 1.29 is 4.39 Å². The second kappa shape index (κ2) is 6.38. The van der Waals surface area contributed by atoms with E-state index in [0.717, 1.165) is 12.8 Å². The molecule has 1 rings (SSSR count). The average molecular weight is 283 g/mol. The number of halogens is 3. The van der Waals surface area contributed by atoms with Crippen LogP contribution < -0.4 is 5.73 Å². The third-order valence-electron chi connectivity index (χ3n) is 1.98. The van der Waals surface area contributed by atoms with Crippen molar-refractivity contribution in [1.29, 1.82) is 0 Å². The highest BCUT2D eigenvalue weighted by atomic mass is 79.9. The molecule has 1 aromatic carbocycles. The van der Waals surface area contributed by atoms with Gasteiger partial charge in [-0.1, -0.05) is 25.5 Å². The van der Waals surface area contributed by atoms with Gasteiger partial charge in [-0.2, -0.15) is 0 Å². The summed E-state index contributed by atoms with van der Waals surface area (Å²) in [6, 6.07) is 5.03. The molecule has 2 N–H and O–H groups in total. The molecule has 0 aliphatic rings. The molecule has 0 amide bonds. The fourth-order valence-electron chi connectivity index (χ4n) is 1.27. The number of hydrogen-bond acceptors (Lipinski definition) is 1. The lowest BCUT2D eigenvalue weighted by Crippen LogP contribution is -2.11. The van der Waals surface area contributed by atoms with E-state index in [4.69, 9.17) is 5.73 Å². The predicted octanol–water partition coefficient (Wildman–Crippen LogP) is 3.81. The Morgan fingerprint density at radius 2 is 2.14 bits per heavy atom. The van der Waals surface area contributed by atoms with E-state index in [1.54, 1.807) is 18.2 Å². The van der Waals surface area contributed by atoms with E-state index < -0.39 is 0 Å². The van der Waals surface area contributed by atoms with Crippen LogP contribution in [0.25, 0.3) is 0 Å². The summed E-state index contributed by atoms with van der Waals surface area (Å²) in [4.78, 5) is 0. The molecular weight excluding hydrogens is 268 g/mol. The first-order chi connectivity index (χ1) is 6.16. The molecule has 0 bridgehead atoms. The van der Waals surface area contributed by atoms with Crippen LogP contribution in [0.2, 0.25) is 0 Å². The summed E-state index contributed by atoms with van der Waals surface area (Å²) >= 11 is 3.13. The van der Waals surface area contributed by atoms with Gasteiger partial charge >= 0.3 is 0 Å². The molecule has 1 aromatic rings. The molecule has 80 valence electrons. The van der Waals surface area contributed by atoms with Crippen molar-refractivity contribution in [3.05, 3.63) is 34.1 Å². The minimum absolute atomic E-state index is 0. The maximum atomic E-state index is 13.4. The van der Waals surface area contributed by atoms with Crippen LogP contribution in [0.1, 0.15) is 31.4 Å². The molecule has 1 nitrogen and oxygen atoms in total. The Morgan fingerprint density at radius 3 is 2.71 bits per heavy atom. The van der Waals surface area contributed by atoms with Crippen LogP contribution in [0.15, 0.2) is 22.7 Å². The van der Waals surface area contributed by atoms with E-state index in [9.17, 15) is 4.39 Å². The third-order valence-corrected chi connectivity index (χ3v) is 2.59. The highest BCUT2D eigenvalue weighted by Gasteiger charge is 2.11. The summed E-state index contributed by atoms with van der Waals surface area (Å²) in [6.45, 7) is 2.04. The topological polar surface area (TPSA) is 26.0 Å². The van der Waals surface area contributed by atoms with Crippen LogP contribution in [0.4, 0.5) is 4.39 Å². The lowest BCUT2D eigenvalue weighted by molar-refractivity contribution is 0.555. The van der Waals surface area contributed by atoms with Gasteiger partial charge in [-0.05, 0) is 28.4 Å². The van der Waals surface area contributed by atoms with E-state index in [0.29, 0.717) is 10.0 Å². The van der Waals surface area contributed by atoms with Crippen molar-refractivity contribution in [1.82, 2.24) is 0 Å². The number of benzene rings is 1. The molecule has 0 heterocycles. The molecule has 0 spiro atoms. The summed E-state index contributed by atoms with van der Waals surface area (Å²) in [5, 5.41) is 0. The Bertz CT molecular complexity index is 293. The maximum Gasteiger partial charge on any atom is 0.142 e. The molecule has 0 fully saturated rings. The minimum Gasteiger partial charge on any atom is -0.324 e. The molecule has 4 heteroatoms. The Labute approximate surface area is 98.4 Å². The minimum atomic E-state index is -0.233. The van der Waals surface area contributed by atoms with Gasteiger partial charge in [0.1, 0.15) is 5.82 Å². The molecule has 0 aliphatic carbocycles. The zero-order valence-electron chi connectivity index (χ0n) is 7.97. The van der Waals surface area contributed by atoms with Crippen molar-refractivity contribution in [3.8, 4) is 0 Å². The Hall–Kier alpha value is -0.120. The van der Waals surface area contributed by atoms with Crippen molar-refractivity contribution in [2.24, 2.45) is 5.73 Å². The molecule has 0 saturated carbocycles. The van der Waals surface area contributed by atoms with Gasteiger partial charge < -0.3 is 5.73 Å². The van der Waals surface area contributed by atoms with Gasteiger partial charge in [0.2, 0.25) is 0 Å². The molecule has 0 radical (unpaired) electrons. The predicted molar refractivity (Wildman–Crippen MR) is 63.2 cm³/mol. The molecule has 14 heavy (non-hydrogen) atoms. The number of hydrogen-bond donors (Lipinski definition) is 1. The lowest BCUT2D eigenvalue weighted by atomic mass is 10.0. The van der Waals surface area contributed by atoms with E-state index in [1.807, 2.05) is 6.92 Å². The van der Waals surface area contributed by atoms with E-state index in [-0.39, 0.29) is 24.3 Å². The monoisotopic (exact) mass is 281 g/mol. The summed E-state index contributed by atoms with van der Waals surface area (Å²) in [6.07, 6.45) is 1.78. The molecule has 0 saturated heterocycles. The highest BCUT2D eigenvalue weighted by Crippen LogP contribution is 2.24. The first-order valence-corrected chi connectivity index (χ1v) is 5.15. The van der Waals surface area contributed by atoms with Gasteiger partial charge in [0.15, 0.2) is 0 Å². The Kier molecular flexibility index (Phi) is 6.33. The molecular formula is C10H14BrClFN. The van der Waals surface area contributed by atoms with E-state index in [1.165, 1.54) is 0 Å². The second-order valence-electron chi connectivity index (χ2n) is 3.04. The molecule has 1 atom stereocenters. The summed E-state index contributed by atoms with van der Waals surface area (Å²) in [5.41, 5.74) is 6.41. The molecule has 0 aliphatic heterocycles. The fraction of sp³-hybridized carbons (Fsp3) is 0.400. The van der Waals surface area contributed by atoms with E-state index in [2.05, 4.69) is 15.9 Å². The van der Waals surface area contributed by atoms with Gasteiger partial charge in [-0.25, -0.2) is 4.39 Å². The maximum absolute atomic E-state index is 13.4. The SMILES string of the molecule is CCC[C@H](N)c1cccc(Br)c1F.Cl. The Morgan fingerprint density at radius 1 is 1.50 bits per heavy atom. The van der Waals surface area contributed by atoms with Gasteiger partial charge in [-0.15, -0.1) is 12.4 Å². The average Bonchev–Trinajstić information content (AvgIpc) is 2.10. The number of nitrogens with two attached hydrogens (primary N) is 1. The lowest BCUT2D eigenvalue weighted by Gasteiger charge is -2.12. The van der Waals surface area contributed by atoms with Crippen molar-refractivity contribution in [2.75, 3.05) is 0 Å². The summed E-state index contributed by atoms with van der Waals surface area (Å²) < 4.78 is 13.9. The largest absolute Gasteiger partial charge is 0.324 e. The van der Waals surface area contributed by atoms with Crippen LogP contribution in [-0.4, -0.2) is 0 Å². The first kappa shape index (κ1) is 13.9. The first-order valence-electron chi connectivity index (χ1n) is 4.36. The summed E-state index contributed by atoms with van der Waals surface area (Å²) in [7, 11) is 0. The van der Waals surface area contributed by atoms with Gasteiger partial charge in [-0.3, -0.25) is 0 Å². The van der Waals surface area contributed by atoms with E-state index >= 15 is 0 Å². The quantitative estimate of drug-likeness (QED) is 0.896. The summed E-state index contributed by atoms with van der Waals surface area (Å²) in [5.74, 6) is -0.233. The van der Waals surface area contributed by atoms with Crippen LogP contribution in [0, 0.1) is 5.82 Å². The van der Waals surface area contributed by atoms with Gasteiger partial charge in [0, 0.05) is 11.6 Å². The molecule has 0 aromatic heterocycles. The van der Waals surface area contributed by atoms with Crippen LogP contribution in [0.3, 0.4) is 0 Å². The Balaban J connectivity index is 0.00000169. The van der Waals surface area contributed by atoms with Crippen molar-refractivity contribution in [2.45, 2.75) is 25.8 Å². The van der Waals surface area contributed by atoms with Crippen LogP contribution in [0.5, 0.6) is 0 Å². The van der Waals surface area contributed by atoms with Crippen molar-refractivity contribution in [3.63, 3.8) is 0 Å². The standard InChI is InChI=1S/C10H13BrFN.ClH/c1-2-4-9(13)7-5-3-6-8(11)10(7)12;/h3,5-6,9H,2,4,13H2,1H3;1H/t9-;/m0./s1. The van der Waals surface area contributed by atoms with Crippen LogP contribution >= 0.6 is 28.3 Å². The third kappa shape index (κ3) is 3.23. The second-order valence-corrected chi connectivity index (χ2v) is 3.89. The number of rotatable bonds is 3. The highest BCUT2D eigenvalue weighted by molar-refractivity contribution is 9.10. The zero-order valence-corrected chi connectivity index (χ0v) is 10.4. The van der Waals surface area contributed by atoms with Crippen LogP contribution in [-0.2, 0) is 0 Å². The fourth-order valence-corrected chi connectivity index (χ4v) is 1.65. The smallest absolute Gasteiger partial charge is 0.142 e.